The molecule has 1 aromatic heterocycles. The lowest BCUT2D eigenvalue weighted by Gasteiger charge is -2.32. The minimum absolute atomic E-state index is 0.287. The number of hydrogen-bond acceptors (Lipinski definition) is 8. The van der Waals surface area contributed by atoms with Gasteiger partial charge < -0.3 is 19.5 Å². The smallest absolute Gasteiger partial charge is 0.408 e. The maximum Gasteiger partial charge on any atom is 0.408 e. The number of nitrogens with zero attached hydrogens (tertiary/aromatic N) is 5. The highest BCUT2D eigenvalue weighted by Gasteiger charge is 2.25. The second kappa shape index (κ2) is 11.5. The van der Waals surface area contributed by atoms with Crippen LogP contribution in [0.5, 0.6) is 0 Å². The van der Waals surface area contributed by atoms with Gasteiger partial charge in [-0.15, -0.1) is 0 Å². The van der Waals surface area contributed by atoms with E-state index in [4.69, 9.17) is 14.5 Å². The monoisotopic (exact) mass is 502 g/mol. The Morgan fingerprint density at radius 3 is 2.54 bits per heavy atom. The van der Waals surface area contributed by atoms with Crippen LogP contribution in [-0.4, -0.2) is 64.9 Å². The van der Waals surface area contributed by atoms with Crippen molar-refractivity contribution in [2.45, 2.75) is 45.4 Å². The summed E-state index contributed by atoms with van der Waals surface area (Å²) in [6.45, 7) is 10.5. The highest BCUT2D eigenvalue weighted by Crippen LogP contribution is 2.24. The standard InChI is InChI=1S/C28H34N6O3/c1-28(2,3)36-27(35)30-24(17-20-8-10-21(18-29)11-9-20)26-31-25(32-37-26)23-7-5-6-22(16-23)19-34-14-12-33(4)13-15-34/h5-11,16,24H,12-15,17,19H2,1-4H3,(H,30,35)/t24-/m0/s1. The molecule has 0 unspecified atom stereocenters. The normalized spacial score (nSPS) is 15.6. The van der Waals surface area contributed by atoms with E-state index in [2.05, 4.69) is 50.5 Å². The van der Waals surface area contributed by atoms with Gasteiger partial charge in [-0.3, -0.25) is 4.90 Å². The van der Waals surface area contributed by atoms with Crippen LogP contribution >= 0.6 is 0 Å². The van der Waals surface area contributed by atoms with Crippen LogP contribution in [0.2, 0.25) is 0 Å². The Hall–Kier alpha value is -3.74. The third-order valence-corrected chi connectivity index (χ3v) is 6.14. The Balaban J connectivity index is 1.52. The number of likely N-dealkylation sites (N-methyl/N-ethyl adjacent to an activating group) is 1. The molecule has 37 heavy (non-hydrogen) atoms. The first-order valence-electron chi connectivity index (χ1n) is 12.5. The summed E-state index contributed by atoms with van der Waals surface area (Å²) in [7, 11) is 2.15. The molecule has 194 valence electrons. The van der Waals surface area contributed by atoms with Gasteiger partial charge in [0.25, 0.3) is 0 Å². The highest BCUT2D eigenvalue weighted by molar-refractivity contribution is 5.68. The first-order valence-corrected chi connectivity index (χ1v) is 12.5. The predicted molar refractivity (Wildman–Crippen MR) is 139 cm³/mol. The van der Waals surface area contributed by atoms with Crippen molar-refractivity contribution in [3.8, 4) is 17.5 Å². The topological polar surface area (TPSA) is 108 Å². The summed E-state index contributed by atoms with van der Waals surface area (Å²) < 4.78 is 11.1. The average Bonchev–Trinajstić information content (AvgIpc) is 3.35. The molecule has 1 amide bonds. The molecular weight excluding hydrogens is 468 g/mol. The molecule has 1 fully saturated rings. The second-order valence-electron chi connectivity index (χ2n) is 10.4. The minimum Gasteiger partial charge on any atom is -0.444 e. The number of piperazine rings is 1. The van der Waals surface area contributed by atoms with E-state index in [1.54, 1.807) is 12.1 Å². The molecule has 2 heterocycles. The van der Waals surface area contributed by atoms with Gasteiger partial charge in [0.05, 0.1) is 11.6 Å². The highest BCUT2D eigenvalue weighted by atomic mass is 16.6. The number of benzene rings is 2. The quantitative estimate of drug-likeness (QED) is 0.513. The van der Waals surface area contributed by atoms with Crippen LogP contribution in [0.25, 0.3) is 11.4 Å². The van der Waals surface area contributed by atoms with Crippen molar-refractivity contribution in [2.24, 2.45) is 0 Å². The van der Waals surface area contributed by atoms with Crippen molar-refractivity contribution in [3.05, 3.63) is 71.1 Å². The summed E-state index contributed by atoms with van der Waals surface area (Å²) in [5.41, 5.74) is 2.88. The number of nitrogens with one attached hydrogen (secondary N) is 1. The maximum absolute atomic E-state index is 12.6. The molecule has 4 rings (SSSR count). The fraction of sp³-hybridized carbons (Fsp3) is 0.429. The summed E-state index contributed by atoms with van der Waals surface area (Å²) in [6.07, 6.45) is -0.171. The molecule has 0 aliphatic carbocycles. The third kappa shape index (κ3) is 7.62. The Morgan fingerprint density at radius 1 is 1.14 bits per heavy atom. The number of alkyl carbamates (subject to hydrolysis) is 1. The van der Waals surface area contributed by atoms with E-state index < -0.39 is 17.7 Å². The number of nitriles is 1. The molecule has 0 bridgehead atoms. The molecular formula is C28H34N6O3. The SMILES string of the molecule is CN1CCN(Cc2cccc(-c3noc([C@H](Cc4ccc(C#N)cc4)NC(=O)OC(C)(C)C)n3)c2)CC1. The van der Waals surface area contributed by atoms with Crippen LogP contribution < -0.4 is 5.32 Å². The number of rotatable bonds is 7. The number of amides is 1. The van der Waals surface area contributed by atoms with Crippen LogP contribution in [0.15, 0.2) is 53.1 Å². The molecule has 9 nitrogen and oxygen atoms in total. The Bertz CT molecular complexity index is 1230. The summed E-state index contributed by atoms with van der Waals surface area (Å²) in [5.74, 6) is 0.751. The van der Waals surface area contributed by atoms with Crippen LogP contribution in [-0.2, 0) is 17.7 Å². The van der Waals surface area contributed by atoms with Crippen LogP contribution in [0.3, 0.4) is 0 Å². The fourth-order valence-corrected chi connectivity index (χ4v) is 4.17. The largest absolute Gasteiger partial charge is 0.444 e. The van der Waals surface area contributed by atoms with Crippen LogP contribution in [0.1, 0.15) is 49.4 Å². The van der Waals surface area contributed by atoms with Crippen LogP contribution in [0.4, 0.5) is 4.79 Å². The van der Waals surface area contributed by atoms with Gasteiger partial charge in [-0.05, 0) is 57.1 Å². The van der Waals surface area contributed by atoms with Gasteiger partial charge in [0.1, 0.15) is 11.6 Å². The van der Waals surface area contributed by atoms with Crippen molar-refractivity contribution in [3.63, 3.8) is 0 Å². The molecule has 1 saturated heterocycles. The molecule has 1 aliphatic heterocycles. The number of aromatic nitrogens is 2. The van der Waals surface area contributed by atoms with Crippen LogP contribution in [0, 0.1) is 11.3 Å². The van der Waals surface area contributed by atoms with Gasteiger partial charge in [0, 0.05) is 44.7 Å². The van der Waals surface area contributed by atoms with Crippen molar-refractivity contribution in [1.29, 1.82) is 5.26 Å². The Labute approximate surface area is 218 Å². The first kappa shape index (κ1) is 26.3. The lowest BCUT2D eigenvalue weighted by atomic mass is 10.0. The molecule has 0 spiro atoms. The minimum atomic E-state index is -0.646. The van der Waals surface area contributed by atoms with E-state index in [1.165, 1.54) is 5.56 Å². The summed E-state index contributed by atoms with van der Waals surface area (Å²) in [5, 5.41) is 16.2. The second-order valence-corrected chi connectivity index (χ2v) is 10.4. The van der Waals surface area contributed by atoms with E-state index in [0.29, 0.717) is 17.8 Å². The lowest BCUT2D eigenvalue weighted by molar-refractivity contribution is 0.0493. The zero-order valence-corrected chi connectivity index (χ0v) is 21.9. The van der Waals surface area contributed by atoms with Crippen molar-refractivity contribution < 1.29 is 14.1 Å². The lowest BCUT2D eigenvalue weighted by Crippen LogP contribution is -2.43. The molecule has 0 radical (unpaired) electrons. The number of carbonyl (C=O) groups is 1. The first-order chi connectivity index (χ1) is 17.7. The van der Waals surface area contributed by atoms with Gasteiger partial charge in [0.15, 0.2) is 0 Å². The van der Waals surface area contributed by atoms with Gasteiger partial charge >= 0.3 is 6.09 Å². The van der Waals surface area contributed by atoms with Crippen molar-refractivity contribution >= 4 is 6.09 Å². The summed E-state index contributed by atoms with van der Waals surface area (Å²) in [6, 6.07) is 16.9. The Kier molecular flexibility index (Phi) is 8.21. The molecule has 3 aromatic rings. The predicted octanol–water partition coefficient (Wildman–Crippen LogP) is 4.16. The number of hydrogen-bond donors (Lipinski definition) is 1. The van der Waals surface area contributed by atoms with Gasteiger partial charge in [0.2, 0.25) is 11.7 Å². The van der Waals surface area contributed by atoms with E-state index in [0.717, 1.165) is 43.9 Å². The Morgan fingerprint density at radius 2 is 1.86 bits per heavy atom. The number of ether oxygens (including phenoxy) is 1. The van der Waals surface area contributed by atoms with E-state index in [9.17, 15) is 4.79 Å². The fourth-order valence-electron chi connectivity index (χ4n) is 4.17. The number of carbonyl (C=O) groups excluding carboxylic acids is 1. The summed E-state index contributed by atoms with van der Waals surface area (Å²) in [4.78, 5) is 22.0. The average molecular weight is 503 g/mol. The zero-order valence-electron chi connectivity index (χ0n) is 21.9. The molecule has 1 aliphatic rings. The molecule has 1 atom stereocenters. The van der Waals surface area contributed by atoms with Gasteiger partial charge in [-0.2, -0.15) is 10.2 Å². The van der Waals surface area contributed by atoms with Gasteiger partial charge in [-0.25, -0.2) is 4.79 Å². The molecule has 1 N–H and O–H groups in total. The third-order valence-electron chi connectivity index (χ3n) is 6.14. The van der Waals surface area contributed by atoms with E-state index in [1.807, 2.05) is 45.0 Å². The maximum atomic E-state index is 12.6. The van der Waals surface area contributed by atoms with E-state index >= 15 is 0 Å². The van der Waals surface area contributed by atoms with Crippen molar-refractivity contribution in [1.82, 2.24) is 25.3 Å². The zero-order chi connectivity index (χ0) is 26.4. The van der Waals surface area contributed by atoms with Gasteiger partial charge in [-0.1, -0.05) is 35.5 Å². The molecule has 9 heteroatoms. The molecule has 2 aromatic carbocycles. The molecule has 0 saturated carbocycles. The van der Waals surface area contributed by atoms with Crippen molar-refractivity contribution in [2.75, 3.05) is 33.2 Å². The van der Waals surface area contributed by atoms with E-state index in [-0.39, 0.29) is 5.89 Å². The summed E-state index contributed by atoms with van der Waals surface area (Å²) >= 11 is 0.